The van der Waals surface area contributed by atoms with E-state index >= 15 is 0 Å². The largest absolute Gasteiger partial charge is 0.479 e. The van der Waals surface area contributed by atoms with Gasteiger partial charge in [0.25, 0.3) is 5.91 Å². The highest BCUT2D eigenvalue weighted by atomic mass is 16.5. The van der Waals surface area contributed by atoms with Crippen LogP contribution in [0.5, 0.6) is 5.75 Å². The molecular formula is C18H23N3O4. The Kier molecular flexibility index (Phi) is 4.76. The number of ketones is 1. The molecule has 1 saturated heterocycles. The highest BCUT2D eigenvalue weighted by Crippen LogP contribution is 2.32. The molecule has 7 nitrogen and oxygen atoms in total. The van der Waals surface area contributed by atoms with E-state index in [4.69, 9.17) is 10.5 Å². The lowest BCUT2D eigenvalue weighted by atomic mass is 9.88. The summed E-state index contributed by atoms with van der Waals surface area (Å²) >= 11 is 0. The number of fused-ring (bicyclic) bond motifs is 1. The first-order valence-electron chi connectivity index (χ1n) is 8.57. The fourth-order valence-corrected chi connectivity index (χ4v) is 3.25. The van der Waals surface area contributed by atoms with E-state index in [1.54, 1.807) is 36.9 Å². The Morgan fingerprint density at radius 3 is 2.64 bits per heavy atom. The predicted molar refractivity (Wildman–Crippen MR) is 92.4 cm³/mol. The number of rotatable bonds is 3. The number of likely N-dealkylation sites (tertiary alicyclic amines) is 1. The summed E-state index contributed by atoms with van der Waals surface area (Å²) in [7, 11) is 0. The summed E-state index contributed by atoms with van der Waals surface area (Å²) in [6.45, 7) is 4.43. The number of hydrogen-bond donors (Lipinski definition) is 2. The molecule has 0 saturated carbocycles. The molecule has 0 aliphatic carbocycles. The topological polar surface area (TPSA) is 102 Å². The number of nitrogens with zero attached hydrogens (tertiary/aromatic N) is 1. The second-order valence-electron chi connectivity index (χ2n) is 6.71. The highest BCUT2D eigenvalue weighted by Gasteiger charge is 2.30. The van der Waals surface area contributed by atoms with Crippen molar-refractivity contribution in [3.8, 4) is 5.75 Å². The summed E-state index contributed by atoms with van der Waals surface area (Å²) in [5.41, 5.74) is 6.71. The molecule has 0 bridgehead atoms. The van der Waals surface area contributed by atoms with E-state index in [2.05, 4.69) is 5.32 Å². The molecule has 3 rings (SSSR count). The van der Waals surface area contributed by atoms with Gasteiger partial charge in [0, 0.05) is 24.6 Å². The molecule has 2 aliphatic rings. The minimum atomic E-state index is -0.541. The maximum atomic E-state index is 12.8. The summed E-state index contributed by atoms with van der Waals surface area (Å²) < 4.78 is 5.51. The van der Waals surface area contributed by atoms with E-state index in [0.717, 1.165) is 0 Å². The average Bonchev–Trinajstić information content (AvgIpc) is 2.61. The molecule has 134 valence electrons. The first-order chi connectivity index (χ1) is 11.9. The lowest BCUT2D eigenvalue weighted by Gasteiger charge is -2.32. The van der Waals surface area contributed by atoms with Crippen molar-refractivity contribution < 1.29 is 19.1 Å². The molecule has 1 unspecified atom stereocenters. The van der Waals surface area contributed by atoms with Crippen LogP contribution in [0.15, 0.2) is 18.2 Å². The summed E-state index contributed by atoms with van der Waals surface area (Å²) in [5.74, 6) is 0.173. The Labute approximate surface area is 146 Å². The Balaban J connectivity index is 1.68. The molecule has 0 aromatic heterocycles. The molecule has 25 heavy (non-hydrogen) atoms. The Bertz CT molecular complexity index is 708. The van der Waals surface area contributed by atoms with E-state index in [0.29, 0.717) is 42.9 Å². The monoisotopic (exact) mass is 345 g/mol. The van der Waals surface area contributed by atoms with Crippen molar-refractivity contribution in [3.05, 3.63) is 23.8 Å². The number of benzene rings is 1. The minimum absolute atomic E-state index is 0.0311. The Morgan fingerprint density at radius 2 is 2.00 bits per heavy atom. The first-order valence-corrected chi connectivity index (χ1v) is 8.57. The van der Waals surface area contributed by atoms with Gasteiger partial charge >= 0.3 is 0 Å². The minimum Gasteiger partial charge on any atom is -0.479 e. The summed E-state index contributed by atoms with van der Waals surface area (Å²) in [5, 5.41) is 2.76. The third-order valence-electron chi connectivity index (χ3n) is 4.76. The quantitative estimate of drug-likeness (QED) is 0.801. The molecule has 2 atom stereocenters. The summed E-state index contributed by atoms with van der Waals surface area (Å²) in [6.07, 6.45) is 0.698. The zero-order valence-electron chi connectivity index (χ0n) is 14.5. The van der Waals surface area contributed by atoms with Crippen LogP contribution in [-0.4, -0.2) is 47.7 Å². The van der Waals surface area contributed by atoms with Crippen LogP contribution < -0.4 is 15.8 Å². The second-order valence-corrected chi connectivity index (χ2v) is 6.71. The molecular weight excluding hydrogens is 322 g/mol. The molecule has 0 radical (unpaired) electrons. The van der Waals surface area contributed by atoms with Crippen molar-refractivity contribution in [2.75, 3.05) is 18.4 Å². The number of amides is 2. The summed E-state index contributed by atoms with van der Waals surface area (Å²) in [6, 6.07) is 4.60. The van der Waals surface area contributed by atoms with Crippen molar-refractivity contribution >= 4 is 23.3 Å². The van der Waals surface area contributed by atoms with Crippen LogP contribution in [0.2, 0.25) is 0 Å². The Morgan fingerprint density at radius 1 is 1.32 bits per heavy atom. The van der Waals surface area contributed by atoms with Crippen molar-refractivity contribution in [2.24, 2.45) is 11.7 Å². The van der Waals surface area contributed by atoms with E-state index in [1.165, 1.54) is 0 Å². The van der Waals surface area contributed by atoms with Crippen LogP contribution >= 0.6 is 0 Å². The Hall–Kier alpha value is -2.41. The third kappa shape index (κ3) is 3.51. The van der Waals surface area contributed by atoms with Crippen LogP contribution in [0.25, 0.3) is 0 Å². The lowest BCUT2D eigenvalue weighted by Crippen LogP contribution is -2.46. The van der Waals surface area contributed by atoms with Crippen LogP contribution in [0.3, 0.4) is 0 Å². The van der Waals surface area contributed by atoms with Crippen LogP contribution in [0.1, 0.15) is 37.0 Å². The number of nitrogens with two attached hydrogens (primary N) is 1. The maximum absolute atomic E-state index is 12.8. The second kappa shape index (κ2) is 6.84. The number of piperidine rings is 1. The number of ether oxygens (including phenoxy) is 1. The van der Waals surface area contributed by atoms with Gasteiger partial charge in [-0.1, -0.05) is 0 Å². The number of hydrogen-bond acceptors (Lipinski definition) is 5. The summed E-state index contributed by atoms with van der Waals surface area (Å²) in [4.78, 5) is 38.1. The van der Waals surface area contributed by atoms with Crippen LogP contribution in [0, 0.1) is 5.92 Å². The molecule has 1 fully saturated rings. The van der Waals surface area contributed by atoms with Gasteiger partial charge in [0.15, 0.2) is 11.9 Å². The van der Waals surface area contributed by atoms with Gasteiger partial charge in [-0.25, -0.2) is 0 Å². The fourth-order valence-electron chi connectivity index (χ4n) is 3.25. The SMILES string of the molecule is CC1Oc2ccc(C(=O)C3CCN(C(=O)[C@@H](C)N)CC3)cc2NC1=O. The molecule has 2 amide bonds. The van der Waals surface area contributed by atoms with E-state index in [1.807, 2.05) is 0 Å². The molecule has 3 N–H and O–H groups in total. The van der Waals surface area contributed by atoms with Gasteiger partial charge in [-0.3, -0.25) is 14.4 Å². The van der Waals surface area contributed by atoms with Crippen LogP contribution in [0.4, 0.5) is 5.69 Å². The third-order valence-corrected chi connectivity index (χ3v) is 4.76. The predicted octanol–water partition coefficient (Wildman–Crippen LogP) is 1.17. The zero-order chi connectivity index (χ0) is 18.1. The van der Waals surface area contributed by atoms with Gasteiger partial charge in [0.05, 0.1) is 11.7 Å². The van der Waals surface area contributed by atoms with Gasteiger partial charge in [-0.2, -0.15) is 0 Å². The van der Waals surface area contributed by atoms with Gasteiger partial charge < -0.3 is 20.7 Å². The van der Waals surface area contributed by atoms with E-state index in [-0.39, 0.29) is 23.5 Å². The van der Waals surface area contributed by atoms with Crippen LogP contribution in [-0.2, 0) is 9.59 Å². The van der Waals surface area contributed by atoms with Gasteiger partial charge in [-0.15, -0.1) is 0 Å². The number of anilines is 1. The molecule has 1 aromatic rings. The van der Waals surface area contributed by atoms with Crippen molar-refractivity contribution in [2.45, 2.75) is 38.8 Å². The number of nitrogens with one attached hydrogen (secondary N) is 1. The van der Waals surface area contributed by atoms with Crippen molar-refractivity contribution in [1.29, 1.82) is 0 Å². The van der Waals surface area contributed by atoms with Gasteiger partial charge in [-0.05, 0) is 44.9 Å². The molecule has 1 aromatic carbocycles. The molecule has 2 aliphatic heterocycles. The standard InChI is InChI=1S/C18H23N3O4/c1-10(19)18(24)21-7-5-12(6-8-21)16(22)13-3-4-15-14(9-13)20-17(23)11(2)25-15/h3-4,9-12H,5-8,19H2,1-2H3,(H,20,23)/t10-,11?/m1/s1. The van der Waals surface area contributed by atoms with Crippen molar-refractivity contribution in [3.63, 3.8) is 0 Å². The number of carbonyl (C=O) groups is 3. The maximum Gasteiger partial charge on any atom is 0.265 e. The molecule has 7 heteroatoms. The average molecular weight is 345 g/mol. The smallest absolute Gasteiger partial charge is 0.265 e. The number of Topliss-reactive ketones (excluding diaryl/α,β-unsaturated/α-hetero) is 1. The van der Waals surface area contributed by atoms with Gasteiger partial charge in [0.2, 0.25) is 5.91 Å². The van der Waals surface area contributed by atoms with E-state index < -0.39 is 12.1 Å². The van der Waals surface area contributed by atoms with Crippen molar-refractivity contribution in [1.82, 2.24) is 4.90 Å². The normalized spacial score (nSPS) is 21.8. The first kappa shape index (κ1) is 17.4. The number of carbonyl (C=O) groups excluding carboxylic acids is 3. The fraction of sp³-hybridized carbons (Fsp3) is 0.500. The van der Waals surface area contributed by atoms with Gasteiger partial charge in [0.1, 0.15) is 5.75 Å². The highest BCUT2D eigenvalue weighted by molar-refractivity contribution is 6.02. The van der Waals surface area contributed by atoms with E-state index in [9.17, 15) is 14.4 Å². The molecule has 2 heterocycles. The zero-order valence-corrected chi connectivity index (χ0v) is 14.5. The molecule has 0 spiro atoms. The lowest BCUT2D eigenvalue weighted by molar-refractivity contribution is -0.133.